The van der Waals surface area contributed by atoms with Gasteiger partial charge in [0, 0.05) is 4.88 Å². The number of benzene rings is 1. The maximum absolute atomic E-state index is 13.5. The second-order valence-corrected chi connectivity index (χ2v) is 8.14. The van der Waals surface area contributed by atoms with Crippen LogP contribution in [-0.4, -0.2) is 25.4 Å². The molecule has 1 aliphatic carbocycles. The zero-order chi connectivity index (χ0) is 17.1. The molecule has 0 spiro atoms. The van der Waals surface area contributed by atoms with Gasteiger partial charge in [-0.1, -0.05) is 30.0 Å². The number of fused-ring (bicyclic) bond motifs is 5. The Morgan fingerprint density at radius 1 is 1.20 bits per heavy atom. The third kappa shape index (κ3) is 1.99. The Morgan fingerprint density at radius 2 is 2.04 bits per heavy atom. The van der Waals surface area contributed by atoms with Gasteiger partial charge in [0.05, 0.1) is 11.1 Å². The van der Waals surface area contributed by atoms with E-state index in [1.54, 1.807) is 27.7 Å². The first kappa shape index (κ1) is 15.2. The Morgan fingerprint density at radius 3 is 2.84 bits per heavy atom. The molecule has 5 rings (SSSR count). The van der Waals surface area contributed by atoms with Crippen molar-refractivity contribution in [1.29, 1.82) is 0 Å². The highest BCUT2D eigenvalue weighted by Gasteiger charge is 2.26. The van der Waals surface area contributed by atoms with E-state index in [0.717, 1.165) is 45.9 Å². The number of thioether (sulfide) groups is 1. The Hall–Kier alpha value is -2.12. The summed E-state index contributed by atoms with van der Waals surface area (Å²) in [4.78, 5) is 15.8. The van der Waals surface area contributed by atoms with Gasteiger partial charge in [-0.2, -0.15) is 0 Å². The number of aromatic nitrogens is 4. The predicted octanol–water partition coefficient (Wildman–Crippen LogP) is 3.61. The fourth-order valence-electron chi connectivity index (χ4n) is 3.72. The molecule has 25 heavy (non-hydrogen) atoms. The van der Waals surface area contributed by atoms with E-state index < -0.39 is 0 Å². The summed E-state index contributed by atoms with van der Waals surface area (Å²) >= 11 is 3.28. The molecule has 1 aliphatic rings. The highest BCUT2D eigenvalue weighted by Crippen LogP contribution is 2.37. The van der Waals surface area contributed by atoms with Gasteiger partial charge < -0.3 is 0 Å². The SMILES string of the molecule is CSc1nnc2n(-c3ccccc3C)c(=O)c3c4c(sc3n12)CCC4. The molecular formula is C18H16N4OS2. The van der Waals surface area contributed by atoms with Gasteiger partial charge >= 0.3 is 0 Å². The van der Waals surface area contributed by atoms with E-state index in [4.69, 9.17) is 0 Å². The first-order valence-corrected chi connectivity index (χ1v) is 10.3. The van der Waals surface area contributed by atoms with E-state index >= 15 is 0 Å². The summed E-state index contributed by atoms with van der Waals surface area (Å²) < 4.78 is 3.78. The summed E-state index contributed by atoms with van der Waals surface area (Å²) in [6.45, 7) is 2.02. The highest BCUT2D eigenvalue weighted by molar-refractivity contribution is 7.98. The third-order valence-electron chi connectivity index (χ3n) is 4.88. The van der Waals surface area contributed by atoms with Crippen molar-refractivity contribution in [2.75, 3.05) is 6.26 Å². The summed E-state index contributed by atoms with van der Waals surface area (Å²) in [7, 11) is 0. The van der Waals surface area contributed by atoms with E-state index in [0.29, 0.717) is 5.78 Å². The summed E-state index contributed by atoms with van der Waals surface area (Å²) in [6.07, 6.45) is 5.18. The van der Waals surface area contributed by atoms with Crippen molar-refractivity contribution in [1.82, 2.24) is 19.2 Å². The molecule has 0 amide bonds. The molecule has 0 N–H and O–H groups in total. The zero-order valence-corrected chi connectivity index (χ0v) is 15.6. The van der Waals surface area contributed by atoms with Crippen LogP contribution in [0.15, 0.2) is 34.2 Å². The van der Waals surface area contributed by atoms with Crippen LogP contribution in [0.1, 0.15) is 22.4 Å². The smallest absolute Gasteiger partial charge is 0.268 e. The van der Waals surface area contributed by atoms with Crippen LogP contribution in [0.4, 0.5) is 0 Å². The average molecular weight is 368 g/mol. The summed E-state index contributed by atoms with van der Waals surface area (Å²) in [6, 6.07) is 7.94. The van der Waals surface area contributed by atoms with Crippen molar-refractivity contribution in [3.8, 4) is 5.69 Å². The lowest BCUT2D eigenvalue weighted by Gasteiger charge is -2.11. The first-order chi connectivity index (χ1) is 12.2. The monoisotopic (exact) mass is 368 g/mol. The highest BCUT2D eigenvalue weighted by atomic mass is 32.2. The van der Waals surface area contributed by atoms with Crippen LogP contribution < -0.4 is 5.56 Å². The molecule has 0 fully saturated rings. The van der Waals surface area contributed by atoms with Gasteiger partial charge in [-0.15, -0.1) is 21.5 Å². The molecule has 4 aromatic rings. The Kier molecular flexibility index (Phi) is 3.30. The minimum absolute atomic E-state index is 0.0243. The van der Waals surface area contributed by atoms with E-state index in [-0.39, 0.29) is 5.56 Å². The quantitative estimate of drug-likeness (QED) is 0.507. The predicted molar refractivity (Wildman–Crippen MR) is 103 cm³/mol. The van der Waals surface area contributed by atoms with Crippen LogP contribution in [0.3, 0.4) is 0 Å². The van der Waals surface area contributed by atoms with Gasteiger partial charge in [0.2, 0.25) is 5.78 Å². The van der Waals surface area contributed by atoms with E-state index in [1.165, 1.54) is 10.4 Å². The molecule has 0 saturated carbocycles. The van der Waals surface area contributed by atoms with Crippen LogP contribution >= 0.6 is 23.1 Å². The fourth-order valence-corrected chi connectivity index (χ4v) is 5.63. The molecule has 3 heterocycles. The standard InChI is InChI=1S/C18H16N4OS2/c1-10-6-3-4-8-12(10)21-15(23)14-11-7-5-9-13(11)25-16(14)22-17(21)19-20-18(22)24-2/h3-4,6,8H,5,7,9H2,1-2H3. The van der Waals surface area contributed by atoms with Gasteiger partial charge in [0.25, 0.3) is 5.56 Å². The molecule has 0 saturated heterocycles. The van der Waals surface area contributed by atoms with Crippen molar-refractivity contribution >= 4 is 39.1 Å². The van der Waals surface area contributed by atoms with Crippen molar-refractivity contribution in [3.05, 3.63) is 50.6 Å². The van der Waals surface area contributed by atoms with Crippen molar-refractivity contribution < 1.29 is 0 Å². The minimum Gasteiger partial charge on any atom is -0.268 e. The molecule has 126 valence electrons. The fraction of sp³-hybridized carbons (Fsp3) is 0.278. The number of nitrogens with zero attached hydrogens (tertiary/aromatic N) is 4. The number of aryl methyl sites for hydroxylation is 3. The van der Waals surface area contributed by atoms with Crippen LogP contribution in [0.5, 0.6) is 0 Å². The Labute approximate surface area is 152 Å². The van der Waals surface area contributed by atoms with Gasteiger partial charge in [-0.25, -0.2) is 8.97 Å². The van der Waals surface area contributed by atoms with Gasteiger partial charge in [-0.05, 0) is 49.6 Å². The number of hydrogen-bond donors (Lipinski definition) is 0. The maximum Gasteiger partial charge on any atom is 0.268 e. The number of hydrogen-bond acceptors (Lipinski definition) is 5. The first-order valence-electron chi connectivity index (χ1n) is 8.25. The van der Waals surface area contributed by atoms with E-state index in [9.17, 15) is 4.79 Å². The number of rotatable bonds is 2. The van der Waals surface area contributed by atoms with E-state index in [1.807, 2.05) is 37.4 Å². The number of thiophene rings is 1. The molecule has 0 radical (unpaired) electrons. The Bertz CT molecular complexity index is 1200. The second kappa shape index (κ2) is 5.44. The average Bonchev–Trinajstić information content (AvgIpc) is 3.29. The summed E-state index contributed by atoms with van der Waals surface area (Å²) in [5.41, 5.74) is 3.18. The van der Waals surface area contributed by atoms with Gasteiger partial charge in [0.15, 0.2) is 5.16 Å². The maximum atomic E-state index is 13.5. The minimum atomic E-state index is 0.0243. The van der Waals surface area contributed by atoms with Crippen molar-refractivity contribution in [3.63, 3.8) is 0 Å². The normalized spacial score (nSPS) is 13.8. The van der Waals surface area contributed by atoms with Crippen LogP contribution in [0, 0.1) is 6.92 Å². The zero-order valence-electron chi connectivity index (χ0n) is 13.9. The summed E-state index contributed by atoms with van der Waals surface area (Å²) in [5, 5.41) is 10.4. The molecule has 0 bridgehead atoms. The molecule has 0 aliphatic heterocycles. The molecule has 7 heteroatoms. The van der Waals surface area contributed by atoms with Crippen LogP contribution in [-0.2, 0) is 12.8 Å². The summed E-state index contributed by atoms with van der Waals surface area (Å²) in [5.74, 6) is 0.594. The van der Waals surface area contributed by atoms with Gasteiger partial charge in [0.1, 0.15) is 4.83 Å². The third-order valence-corrected chi connectivity index (χ3v) is 6.78. The molecule has 0 atom stereocenters. The molecule has 0 unspecified atom stereocenters. The van der Waals surface area contributed by atoms with Gasteiger partial charge in [-0.3, -0.25) is 4.79 Å². The topological polar surface area (TPSA) is 52.2 Å². The lowest BCUT2D eigenvalue weighted by atomic mass is 10.1. The largest absolute Gasteiger partial charge is 0.268 e. The second-order valence-electron chi connectivity index (χ2n) is 6.29. The molecular weight excluding hydrogens is 352 g/mol. The van der Waals surface area contributed by atoms with Crippen LogP contribution in [0.2, 0.25) is 0 Å². The van der Waals surface area contributed by atoms with E-state index in [2.05, 4.69) is 14.6 Å². The lowest BCUT2D eigenvalue weighted by molar-refractivity contribution is 0.909. The Balaban J connectivity index is 2.04. The van der Waals surface area contributed by atoms with Crippen molar-refractivity contribution in [2.45, 2.75) is 31.3 Å². The lowest BCUT2D eigenvalue weighted by Crippen LogP contribution is -2.22. The van der Waals surface area contributed by atoms with Crippen LogP contribution in [0.25, 0.3) is 21.7 Å². The molecule has 1 aromatic carbocycles. The van der Waals surface area contributed by atoms with Crippen molar-refractivity contribution in [2.24, 2.45) is 0 Å². The molecule has 5 nitrogen and oxygen atoms in total. The molecule has 3 aromatic heterocycles. The number of para-hydroxylation sites is 1.